The Kier molecular flexibility index (Phi) is 5.55. The Bertz CT molecular complexity index is 638. The van der Waals surface area contributed by atoms with Gasteiger partial charge < -0.3 is 9.47 Å². The third-order valence-corrected chi connectivity index (χ3v) is 4.71. The van der Waals surface area contributed by atoms with Crippen molar-refractivity contribution in [3.63, 3.8) is 0 Å². The molecule has 1 aromatic carbocycles. The average molecular weight is 348 g/mol. The van der Waals surface area contributed by atoms with Gasteiger partial charge in [-0.25, -0.2) is 0 Å². The molecule has 6 nitrogen and oxygen atoms in total. The summed E-state index contributed by atoms with van der Waals surface area (Å²) in [5, 5.41) is -0.219. The molecule has 0 N–H and O–H groups in total. The Hall–Kier alpha value is -1.83. The lowest BCUT2D eigenvalue weighted by Crippen LogP contribution is -2.45. The van der Waals surface area contributed by atoms with E-state index in [2.05, 4.69) is 4.90 Å². The smallest absolute Gasteiger partial charge is 0.294 e. The first-order chi connectivity index (χ1) is 11.7. The van der Waals surface area contributed by atoms with E-state index in [-0.39, 0.29) is 11.1 Å². The Balaban J connectivity index is 1.68. The van der Waals surface area contributed by atoms with Crippen LogP contribution < -0.4 is 4.74 Å². The fraction of sp³-hybridized carbons (Fsp3) is 0.412. The second-order valence-electron chi connectivity index (χ2n) is 5.48. The van der Waals surface area contributed by atoms with Gasteiger partial charge in [0.1, 0.15) is 5.75 Å². The zero-order chi connectivity index (χ0) is 16.9. The Morgan fingerprint density at radius 2 is 1.92 bits per heavy atom. The summed E-state index contributed by atoms with van der Waals surface area (Å²) in [5.41, 5.74) is 0.871. The molecule has 0 bridgehead atoms. The molecule has 24 heavy (non-hydrogen) atoms. The number of rotatable bonds is 5. The van der Waals surface area contributed by atoms with E-state index in [1.165, 1.54) is 4.90 Å². The lowest BCUT2D eigenvalue weighted by atomic mass is 10.2. The molecule has 0 atom stereocenters. The minimum atomic E-state index is -0.231. The molecule has 2 aliphatic rings. The lowest BCUT2D eigenvalue weighted by molar-refractivity contribution is -0.125. The van der Waals surface area contributed by atoms with Crippen LogP contribution in [0.25, 0.3) is 6.08 Å². The molecule has 0 spiro atoms. The first-order valence-electron chi connectivity index (χ1n) is 7.95. The van der Waals surface area contributed by atoms with E-state index in [1.54, 1.807) is 6.08 Å². The van der Waals surface area contributed by atoms with Crippen LogP contribution in [0.3, 0.4) is 0 Å². The first kappa shape index (κ1) is 17.0. The molecular formula is C17H20N2O4S. The van der Waals surface area contributed by atoms with Crippen LogP contribution in [0, 0.1) is 0 Å². The van der Waals surface area contributed by atoms with Crippen LogP contribution >= 0.6 is 11.8 Å². The number of nitrogens with zero attached hydrogens (tertiary/aromatic N) is 2. The molecule has 0 aromatic heterocycles. The Morgan fingerprint density at radius 3 is 2.58 bits per heavy atom. The molecule has 7 heteroatoms. The van der Waals surface area contributed by atoms with Gasteiger partial charge in [0.05, 0.1) is 31.4 Å². The van der Waals surface area contributed by atoms with Crippen LogP contribution in [0.2, 0.25) is 0 Å². The molecule has 1 aromatic rings. The van der Waals surface area contributed by atoms with E-state index in [0.29, 0.717) is 31.4 Å². The van der Waals surface area contributed by atoms with Gasteiger partial charge in [0.25, 0.3) is 11.1 Å². The summed E-state index contributed by atoms with van der Waals surface area (Å²) in [6.45, 7) is 5.61. The molecule has 0 saturated carbocycles. The average Bonchev–Trinajstić information content (AvgIpc) is 2.85. The Labute approximate surface area is 145 Å². The third kappa shape index (κ3) is 3.98. The third-order valence-electron chi connectivity index (χ3n) is 3.81. The van der Waals surface area contributed by atoms with Crippen LogP contribution in [0.1, 0.15) is 12.5 Å². The van der Waals surface area contributed by atoms with Crippen LogP contribution in [-0.4, -0.2) is 60.5 Å². The van der Waals surface area contributed by atoms with Crippen molar-refractivity contribution >= 4 is 29.0 Å². The number of morpholine rings is 1. The molecule has 128 valence electrons. The van der Waals surface area contributed by atoms with Gasteiger partial charge in [-0.3, -0.25) is 19.4 Å². The molecule has 2 fully saturated rings. The van der Waals surface area contributed by atoms with E-state index in [9.17, 15) is 9.59 Å². The maximum Gasteiger partial charge on any atom is 0.294 e. The van der Waals surface area contributed by atoms with Crippen molar-refractivity contribution in [1.29, 1.82) is 0 Å². The topological polar surface area (TPSA) is 59.1 Å². The zero-order valence-corrected chi connectivity index (χ0v) is 14.4. The van der Waals surface area contributed by atoms with Crippen molar-refractivity contribution in [2.75, 3.05) is 39.6 Å². The number of amides is 2. The molecular weight excluding hydrogens is 328 g/mol. The normalized spacial score (nSPS) is 20.9. The summed E-state index contributed by atoms with van der Waals surface area (Å²) in [7, 11) is 0. The molecule has 2 heterocycles. The van der Waals surface area contributed by atoms with E-state index >= 15 is 0 Å². The number of ether oxygens (including phenoxy) is 2. The summed E-state index contributed by atoms with van der Waals surface area (Å²) in [6, 6.07) is 7.46. The predicted octanol–water partition coefficient (Wildman–Crippen LogP) is 2.41. The minimum Gasteiger partial charge on any atom is -0.494 e. The number of hydrogen-bond donors (Lipinski definition) is 0. The maximum atomic E-state index is 12.5. The van der Waals surface area contributed by atoms with Crippen molar-refractivity contribution in [1.82, 2.24) is 9.80 Å². The largest absolute Gasteiger partial charge is 0.494 e. The molecule has 0 radical (unpaired) electrons. The van der Waals surface area contributed by atoms with Crippen molar-refractivity contribution in [3.05, 3.63) is 34.7 Å². The zero-order valence-electron chi connectivity index (χ0n) is 13.6. The van der Waals surface area contributed by atoms with E-state index < -0.39 is 0 Å². The van der Waals surface area contributed by atoms with Crippen LogP contribution in [0.4, 0.5) is 4.79 Å². The van der Waals surface area contributed by atoms with Crippen LogP contribution in [0.5, 0.6) is 5.75 Å². The van der Waals surface area contributed by atoms with Crippen LogP contribution in [-0.2, 0) is 9.53 Å². The predicted molar refractivity (Wildman–Crippen MR) is 92.7 cm³/mol. The molecule has 0 aliphatic carbocycles. The van der Waals surface area contributed by atoms with Crippen molar-refractivity contribution in [2.45, 2.75) is 6.92 Å². The quantitative estimate of drug-likeness (QED) is 0.762. The van der Waals surface area contributed by atoms with Crippen molar-refractivity contribution in [3.8, 4) is 5.75 Å². The first-order valence-corrected chi connectivity index (χ1v) is 8.77. The van der Waals surface area contributed by atoms with Crippen molar-refractivity contribution < 1.29 is 19.1 Å². The van der Waals surface area contributed by atoms with Gasteiger partial charge in [0.2, 0.25) is 0 Å². The van der Waals surface area contributed by atoms with Crippen molar-refractivity contribution in [2.24, 2.45) is 0 Å². The highest BCUT2D eigenvalue weighted by molar-refractivity contribution is 8.18. The number of hydrogen-bond acceptors (Lipinski definition) is 6. The van der Waals surface area contributed by atoms with Gasteiger partial charge in [-0.1, -0.05) is 12.1 Å². The van der Waals surface area contributed by atoms with Crippen LogP contribution in [0.15, 0.2) is 29.2 Å². The monoisotopic (exact) mass is 348 g/mol. The SMILES string of the molecule is CCOc1ccc(/C=C2/SC(=O)N(CN3CCOCC3)C2=O)cc1. The van der Waals surface area contributed by atoms with E-state index in [0.717, 1.165) is 36.2 Å². The Morgan fingerprint density at radius 1 is 1.21 bits per heavy atom. The number of imide groups is 1. The second-order valence-corrected chi connectivity index (χ2v) is 6.48. The molecule has 3 rings (SSSR count). The summed E-state index contributed by atoms with van der Waals surface area (Å²) < 4.78 is 10.7. The number of carbonyl (C=O) groups is 2. The van der Waals surface area contributed by atoms with E-state index in [1.807, 2.05) is 31.2 Å². The van der Waals surface area contributed by atoms with Gasteiger partial charge in [0.15, 0.2) is 0 Å². The highest BCUT2D eigenvalue weighted by Gasteiger charge is 2.36. The number of carbonyl (C=O) groups excluding carboxylic acids is 2. The number of benzene rings is 1. The van der Waals surface area contributed by atoms with E-state index in [4.69, 9.17) is 9.47 Å². The van der Waals surface area contributed by atoms with Gasteiger partial charge in [-0.05, 0) is 42.5 Å². The summed E-state index contributed by atoms with van der Waals surface area (Å²) in [6.07, 6.45) is 1.75. The van der Waals surface area contributed by atoms with Gasteiger partial charge >= 0.3 is 0 Å². The fourth-order valence-electron chi connectivity index (χ4n) is 2.54. The highest BCUT2D eigenvalue weighted by atomic mass is 32.2. The molecule has 2 aliphatic heterocycles. The summed E-state index contributed by atoms with van der Waals surface area (Å²) in [4.78, 5) is 28.5. The number of thioether (sulfide) groups is 1. The molecule has 2 amide bonds. The standard InChI is InChI=1S/C17H20N2O4S/c1-2-23-14-5-3-13(4-6-14)11-15-16(20)19(17(21)24-15)12-18-7-9-22-10-8-18/h3-6,11H,2,7-10,12H2,1H3/b15-11+. The molecule has 2 saturated heterocycles. The van der Waals surface area contributed by atoms with Gasteiger partial charge in [-0.15, -0.1) is 0 Å². The minimum absolute atomic E-state index is 0.219. The maximum absolute atomic E-state index is 12.5. The summed E-state index contributed by atoms with van der Waals surface area (Å²) >= 11 is 0.989. The fourth-order valence-corrected chi connectivity index (χ4v) is 3.37. The van der Waals surface area contributed by atoms with Gasteiger partial charge in [-0.2, -0.15) is 0 Å². The molecule has 0 unspecified atom stereocenters. The lowest BCUT2D eigenvalue weighted by Gasteiger charge is -2.29. The van der Waals surface area contributed by atoms with Gasteiger partial charge in [0, 0.05) is 13.1 Å². The highest BCUT2D eigenvalue weighted by Crippen LogP contribution is 2.32. The summed E-state index contributed by atoms with van der Waals surface area (Å²) in [5.74, 6) is 0.556. The second kappa shape index (κ2) is 7.83.